The zero-order chi connectivity index (χ0) is 11.9. The average Bonchev–Trinajstić information content (AvgIpc) is 2.55. The van der Waals surface area contributed by atoms with Gasteiger partial charge in [0.25, 0.3) is 0 Å². The number of hydrogen-bond donors (Lipinski definition) is 1. The van der Waals surface area contributed by atoms with Crippen LogP contribution in [0.2, 0.25) is 0 Å². The molecular weight excluding hydrogens is 220 g/mol. The van der Waals surface area contributed by atoms with Crippen LogP contribution < -0.4 is 0 Å². The number of carboxylic acid groups (broad SMARTS) is 1. The lowest BCUT2D eigenvalue weighted by Crippen LogP contribution is -2.07. The largest absolute Gasteiger partial charge is 0.481 e. The minimum Gasteiger partial charge on any atom is -0.481 e. The Morgan fingerprint density at radius 1 is 1.38 bits per heavy atom. The van der Waals surface area contributed by atoms with Crippen LogP contribution in [0, 0.1) is 13.8 Å². The van der Waals surface area contributed by atoms with Crippen molar-refractivity contribution >= 4 is 27.4 Å². The van der Waals surface area contributed by atoms with E-state index in [1.54, 1.807) is 18.3 Å². The minimum atomic E-state index is -0.760. The maximum Gasteiger partial charge on any atom is 0.310 e. The monoisotopic (exact) mass is 234 g/mol. The molecule has 0 aliphatic heterocycles. The van der Waals surface area contributed by atoms with Crippen molar-refractivity contribution in [2.24, 2.45) is 0 Å². The average molecular weight is 234 g/mol. The van der Waals surface area contributed by atoms with Gasteiger partial charge >= 0.3 is 5.97 Å². The van der Waals surface area contributed by atoms with Gasteiger partial charge in [0.2, 0.25) is 0 Å². The van der Waals surface area contributed by atoms with Crippen molar-refractivity contribution in [3.8, 4) is 0 Å². The molecule has 2 aromatic rings. The van der Waals surface area contributed by atoms with E-state index in [0.717, 1.165) is 15.8 Å². The van der Waals surface area contributed by atoms with Gasteiger partial charge < -0.3 is 5.11 Å². The third-order valence-electron chi connectivity index (χ3n) is 2.94. The molecule has 0 saturated heterocycles. The molecule has 84 valence electrons. The summed E-state index contributed by atoms with van der Waals surface area (Å²) in [6.45, 7) is 5.81. The lowest BCUT2D eigenvalue weighted by molar-refractivity contribution is -0.138. The second-order valence-corrected chi connectivity index (χ2v) is 5.31. The molecule has 2 nitrogen and oxygen atoms in total. The van der Waals surface area contributed by atoms with Crippen molar-refractivity contribution < 1.29 is 9.90 Å². The van der Waals surface area contributed by atoms with Gasteiger partial charge in [-0.25, -0.2) is 0 Å². The number of rotatable bonds is 2. The van der Waals surface area contributed by atoms with Gasteiger partial charge in [0.15, 0.2) is 0 Å². The summed E-state index contributed by atoms with van der Waals surface area (Å²) in [4.78, 5) is 12.2. The summed E-state index contributed by atoms with van der Waals surface area (Å²) in [7, 11) is 0. The highest BCUT2D eigenvalue weighted by molar-refractivity contribution is 7.19. The molecule has 0 aliphatic carbocycles. The summed E-state index contributed by atoms with van der Waals surface area (Å²) >= 11 is 1.69. The normalized spacial score (nSPS) is 12.9. The molecule has 0 amide bonds. The fourth-order valence-electron chi connectivity index (χ4n) is 2.06. The molecule has 1 heterocycles. The van der Waals surface area contributed by atoms with Crippen LogP contribution in [0.3, 0.4) is 0 Å². The minimum absolute atomic E-state index is 0.435. The highest BCUT2D eigenvalue weighted by atomic mass is 32.1. The van der Waals surface area contributed by atoms with Crippen LogP contribution in [-0.4, -0.2) is 11.1 Å². The number of carboxylic acids is 1. The third kappa shape index (κ3) is 1.61. The Hall–Kier alpha value is -1.35. The van der Waals surface area contributed by atoms with E-state index in [9.17, 15) is 4.79 Å². The van der Waals surface area contributed by atoms with Crippen LogP contribution in [0.15, 0.2) is 18.2 Å². The van der Waals surface area contributed by atoms with Gasteiger partial charge in [-0.05, 0) is 37.3 Å². The fourth-order valence-corrected chi connectivity index (χ4v) is 3.28. The van der Waals surface area contributed by atoms with Crippen molar-refractivity contribution in [2.75, 3.05) is 0 Å². The van der Waals surface area contributed by atoms with E-state index >= 15 is 0 Å². The Morgan fingerprint density at radius 3 is 2.69 bits per heavy atom. The Bertz CT molecular complexity index is 554. The first-order valence-corrected chi connectivity index (χ1v) is 6.05. The smallest absolute Gasteiger partial charge is 0.310 e. The van der Waals surface area contributed by atoms with Gasteiger partial charge in [-0.2, -0.15) is 0 Å². The first-order valence-electron chi connectivity index (χ1n) is 5.23. The van der Waals surface area contributed by atoms with E-state index in [4.69, 9.17) is 5.11 Å². The molecule has 1 N–H and O–H groups in total. The molecule has 3 heteroatoms. The van der Waals surface area contributed by atoms with Crippen molar-refractivity contribution in [1.29, 1.82) is 0 Å². The van der Waals surface area contributed by atoms with Crippen molar-refractivity contribution in [3.63, 3.8) is 0 Å². The fraction of sp³-hybridized carbons (Fsp3) is 0.308. The van der Waals surface area contributed by atoms with E-state index in [2.05, 4.69) is 13.0 Å². The van der Waals surface area contributed by atoms with E-state index in [1.165, 1.54) is 10.3 Å². The van der Waals surface area contributed by atoms with Crippen molar-refractivity contribution in [2.45, 2.75) is 26.7 Å². The van der Waals surface area contributed by atoms with Crippen LogP contribution in [0.25, 0.3) is 10.1 Å². The molecule has 0 spiro atoms. The summed E-state index contributed by atoms with van der Waals surface area (Å²) < 4.78 is 1.21. The van der Waals surface area contributed by atoms with Crippen LogP contribution in [0.1, 0.15) is 28.8 Å². The lowest BCUT2D eigenvalue weighted by Gasteiger charge is -2.06. The predicted molar refractivity (Wildman–Crippen MR) is 67.3 cm³/mol. The summed E-state index contributed by atoms with van der Waals surface area (Å²) in [6, 6.07) is 6.07. The Labute approximate surface area is 98.5 Å². The number of aliphatic carboxylic acids is 1. The molecule has 1 atom stereocenters. The number of benzene rings is 1. The molecule has 16 heavy (non-hydrogen) atoms. The lowest BCUT2D eigenvalue weighted by atomic mass is 9.97. The third-order valence-corrected chi connectivity index (χ3v) is 4.21. The van der Waals surface area contributed by atoms with Gasteiger partial charge in [0, 0.05) is 9.58 Å². The molecule has 0 saturated carbocycles. The standard InChI is InChI=1S/C13H14O2S/c1-7-5-4-6-10-11(8(2)13(14)15)9(3)16-12(7)10/h4-6,8H,1-3H3,(H,14,15). The van der Waals surface area contributed by atoms with E-state index in [-0.39, 0.29) is 0 Å². The summed E-state index contributed by atoms with van der Waals surface area (Å²) in [6.07, 6.45) is 0. The molecule has 1 aromatic heterocycles. The van der Waals surface area contributed by atoms with Gasteiger partial charge in [-0.1, -0.05) is 18.2 Å². The van der Waals surface area contributed by atoms with Crippen LogP contribution in [-0.2, 0) is 4.79 Å². The number of fused-ring (bicyclic) bond motifs is 1. The highest BCUT2D eigenvalue weighted by Crippen LogP contribution is 2.37. The van der Waals surface area contributed by atoms with E-state index in [1.807, 2.05) is 19.1 Å². The van der Waals surface area contributed by atoms with Gasteiger partial charge in [0.05, 0.1) is 5.92 Å². The Kier molecular flexibility index (Phi) is 2.72. The van der Waals surface area contributed by atoms with Crippen LogP contribution >= 0.6 is 11.3 Å². The molecule has 0 radical (unpaired) electrons. The quantitative estimate of drug-likeness (QED) is 0.860. The number of thiophene rings is 1. The topological polar surface area (TPSA) is 37.3 Å². The van der Waals surface area contributed by atoms with E-state index < -0.39 is 11.9 Å². The zero-order valence-electron chi connectivity index (χ0n) is 9.57. The molecular formula is C13H14O2S. The summed E-state index contributed by atoms with van der Waals surface area (Å²) in [5.41, 5.74) is 2.19. The highest BCUT2D eigenvalue weighted by Gasteiger charge is 2.21. The second kappa shape index (κ2) is 3.91. The number of carbonyl (C=O) groups is 1. The van der Waals surface area contributed by atoms with Crippen LogP contribution in [0.4, 0.5) is 0 Å². The van der Waals surface area contributed by atoms with Gasteiger partial charge in [0.1, 0.15) is 0 Å². The first kappa shape index (κ1) is 11.1. The van der Waals surface area contributed by atoms with Crippen molar-refractivity contribution in [1.82, 2.24) is 0 Å². The maximum absolute atomic E-state index is 11.1. The summed E-state index contributed by atoms with van der Waals surface area (Å²) in [5, 5.41) is 10.2. The maximum atomic E-state index is 11.1. The molecule has 1 unspecified atom stereocenters. The van der Waals surface area contributed by atoms with Gasteiger partial charge in [-0.15, -0.1) is 11.3 Å². The second-order valence-electron chi connectivity index (χ2n) is 4.08. The summed E-state index contributed by atoms with van der Waals surface area (Å²) in [5.74, 6) is -1.19. The molecule has 0 fully saturated rings. The van der Waals surface area contributed by atoms with E-state index in [0.29, 0.717) is 0 Å². The molecule has 1 aromatic carbocycles. The molecule has 2 rings (SSSR count). The Morgan fingerprint density at radius 2 is 2.06 bits per heavy atom. The number of hydrogen-bond acceptors (Lipinski definition) is 2. The van der Waals surface area contributed by atoms with Gasteiger partial charge in [-0.3, -0.25) is 4.79 Å². The number of aryl methyl sites for hydroxylation is 2. The zero-order valence-corrected chi connectivity index (χ0v) is 10.4. The van der Waals surface area contributed by atoms with Crippen molar-refractivity contribution in [3.05, 3.63) is 34.2 Å². The molecule has 0 aliphatic rings. The first-order chi connectivity index (χ1) is 7.52. The molecule has 0 bridgehead atoms. The van der Waals surface area contributed by atoms with Crippen LogP contribution in [0.5, 0.6) is 0 Å². The predicted octanol–water partition coefficient (Wildman–Crippen LogP) is 3.71. The Balaban J connectivity index is 2.74. The SMILES string of the molecule is Cc1sc2c(C)cccc2c1C(C)C(=O)O.